The van der Waals surface area contributed by atoms with E-state index in [1.165, 1.54) is 0 Å². The van der Waals surface area contributed by atoms with Crippen LogP contribution in [0, 0.1) is 83.5 Å². The van der Waals surface area contributed by atoms with Crippen LogP contribution in [0.3, 0.4) is 0 Å². The number of hydrogen-bond acceptors (Lipinski definition) is 0. The van der Waals surface area contributed by atoms with E-state index in [0.29, 0.717) is 0 Å². The van der Waals surface area contributed by atoms with Crippen molar-refractivity contribution in [3.05, 3.63) is 0 Å². The summed E-state index contributed by atoms with van der Waals surface area (Å²) in [6, 6.07) is 0. The minimum absolute atomic E-state index is 0. The smallest absolute Gasteiger partial charge is 0 e. The zero-order valence-corrected chi connectivity index (χ0v) is 9.73. The molecule has 0 nitrogen and oxygen atoms in total. The zero-order chi connectivity index (χ0) is 0. The molecule has 0 rings (SSSR count). The van der Waals surface area contributed by atoms with Crippen LogP contribution in [0.25, 0.3) is 0 Å². The van der Waals surface area contributed by atoms with E-state index >= 15 is 0 Å². The first-order valence-electron chi connectivity index (χ1n) is 0. The summed E-state index contributed by atoms with van der Waals surface area (Å²) in [6.07, 6.45) is 0. The molecule has 0 fully saturated rings. The maximum absolute atomic E-state index is 0. The molecule has 0 spiro atoms. The van der Waals surface area contributed by atoms with Gasteiger partial charge in [-0.05, 0) is 0 Å². The second kappa shape index (κ2) is 16.2. The van der Waals surface area contributed by atoms with Gasteiger partial charge in [0, 0.05) is 83.5 Å². The van der Waals surface area contributed by atoms with Crippen LogP contribution in [-0.2, 0) is 0 Å². The number of hydrogen-bond donors (Lipinski definition) is 0. The first-order valence-corrected chi connectivity index (χ1v) is 0. The van der Waals surface area contributed by atoms with Crippen LogP contribution in [-0.4, -0.2) is 0 Å². The maximum atomic E-state index is 0. The van der Waals surface area contributed by atoms with Crippen molar-refractivity contribution in [1.82, 2.24) is 0 Å². The van der Waals surface area contributed by atoms with E-state index in [9.17, 15) is 0 Å². The van der Waals surface area contributed by atoms with Gasteiger partial charge in [-0.15, -0.1) is 24.8 Å². The molecule has 0 N–H and O–H groups in total. The summed E-state index contributed by atoms with van der Waals surface area (Å²) in [5.41, 5.74) is 0. The molecule has 0 saturated heterocycles. The van der Waals surface area contributed by atoms with Crippen molar-refractivity contribution in [2.24, 2.45) is 0 Å². The molecule has 0 unspecified atom stereocenters. The van der Waals surface area contributed by atoms with Crippen LogP contribution >= 0.6 is 24.8 Å². The van der Waals surface area contributed by atoms with Crippen molar-refractivity contribution in [3.63, 3.8) is 0 Å². The van der Waals surface area contributed by atoms with Gasteiger partial charge in [0.2, 0.25) is 0 Å². The third kappa shape index (κ3) is 9.01. The largest absolute Gasteiger partial charge is 0.147 e. The second-order valence-corrected chi connectivity index (χ2v) is 0. The minimum Gasteiger partial charge on any atom is -0.147 e. The normalized spacial score (nSPS) is 0. The molecule has 4 heavy (non-hydrogen) atoms. The monoisotopic (exact) mass is 352 g/mol. The summed E-state index contributed by atoms with van der Waals surface area (Å²) in [5.74, 6) is 0. The van der Waals surface area contributed by atoms with Crippen LogP contribution in [0.15, 0.2) is 0 Å². The van der Waals surface area contributed by atoms with E-state index < -0.39 is 0 Å². The minimum atomic E-state index is 0. The Morgan fingerprint density at radius 3 is 0.500 bits per heavy atom. The van der Waals surface area contributed by atoms with E-state index in [1.54, 1.807) is 0 Å². The standard InChI is InChI=1S/2Ce.2ClH/h;;2*1H. The van der Waals surface area contributed by atoms with Gasteiger partial charge in [-0.3, -0.25) is 0 Å². The summed E-state index contributed by atoms with van der Waals surface area (Å²) >= 11 is 0. The van der Waals surface area contributed by atoms with Crippen molar-refractivity contribution in [1.29, 1.82) is 0 Å². The molecule has 24 valence electrons. The third-order valence-electron chi connectivity index (χ3n) is 0. The Hall–Kier alpha value is 3.33. The van der Waals surface area contributed by atoms with Gasteiger partial charge in [0.15, 0.2) is 0 Å². The first kappa shape index (κ1) is 26.5. The second-order valence-electron chi connectivity index (χ2n) is 0. The molecular formula is H2Ce2Cl2. The molecule has 0 radical (unpaired) electrons. The van der Waals surface area contributed by atoms with Crippen molar-refractivity contribution in [3.8, 4) is 0 Å². The Morgan fingerprint density at radius 1 is 0.500 bits per heavy atom. The van der Waals surface area contributed by atoms with Gasteiger partial charge in [0.1, 0.15) is 0 Å². The van der Waals surface area contributed by atoms with Gasteiger partial charge in [0.05, 0.1) is 0 Å². The molecule has 0 aromatic rings. The fourth-order valence-corrected chi connectivity index (χ4v) is 0. The van der Waals surface area contributed by atoms with E-state index in [1.807, 2.05) is 0 Å². The summed E-state index contributed by atoms with van der Waals surface area (Å²) in [4.78, 5) is 0. The maximum Gasteiger partial charge on any atom is 0 e. The topological polar surface area (TPSA) is 0 Å². The van der Waals surface area contributed by atoms with Gasteiger partial charge in [0.25, 0.3) is 0 Å². The van der Waals surface area contributed by atoms with Gasteiger partial charge in [-0.25, -0.2) is 0 Å². The summed E-state index contributed by atoms with van der Waals surface area (Å²) in [6.45, 7) is 0. The Balaban J connectivity index is 0. The average molecular weight is 353 g/mol. The van der Waals surface area contributed by atoms with Gasteiger partial charge in [-0.2, -0.15) is 0 Å². The fourth-order valence-electron chi connectivity index (χ4n) is 0. The first-order chi connectivity index (χ1) is 0. The average Bonchev–Trinajstić information content (AvgIpc) is 0. The Morgan fingerprint density at radius 2 is 0.500 bits per heavy atom. The quantitative estimate of drug-likeness (QED) is 0.606. The van der Waals surface area contributed by atoms with Crippen LogP contribution in [0.2, 0.25) is 0 Å². The van der Waals surface area contributed by atoms with Crippen LogP contribution < -0.4 is 0 Å². The van der Waals surface area contributed by atoms with Crippen molar-refractivity contribution in [2.75, 3.05) is 0 Å². The molecule has 0 heterocycles. The Labute approximate surface area is 105 Å². The van der Waals surface area contributed by atoms with Gasteiger partial charge < -0.3 is 0 Å². The Kier molecular flexibility index (Phi) is 107. The number of halogens is 2. The molecule has 0 bridgehead atoms. The van der Waals surface area contributed by atoms with E-state index in [0.717, 1.165) is 0 Å². The molecule has 0 saturated carbocycles. The van der Waals surface area contributed by atoms with Crippen LogP contribution in [0.4, 0.5) is 0 Å². The van der Waals surface area contributed by atoms with Gasteiger partial charge >= 0.3 is 0 Å². The number of rotatable bonds is 0. The van der Waals surface area contributed by atoms with Crippen LogP contribution in [0.1, 0.15) is 0 Å². The molecule has 0 aliphatic heterocycles. The summed E-state index contributed by atoms with van der Waals surface area (Å²) in [7, 11) is 0. The Bertz CT molecular complexity index is 4.00. The predicted octanol–water partition coefficient (Wildman–Crippen LogP) is 0.844. The molecule has 0 aliphatic carbocycles. The molecule has 0 aliphatic rings. The van der Waals surface area contributed by atoms with Crippen molar-refractivity contribution >= 4 is 24.8 Å². The summed E-state index contributed by atoms with van der Waals surface area (Å²) in [5, 5.41) is 0. The van der Waals surface area contributed by atoms with Crippen molar-refractivity contribution in [2.45, 2.75) is 0 Å². The summed E-state index contributed by atoms with van der Waals surface area (Å²) < 4.78 is 0. The SMILES string of the molecule is Cl.Cl.[Ce].[Ce]. The van der Waals surface area contributed by atoms with Crippen molar-refractivity contribution < 1.29 is 83.5 Å². The molecule has 4 heteroatoms. The zero-order valence-electron chi connectivity index (χ0n) is 1.82. The van der Waals surface area contributed by atoms with E-state index in [-0.39, 0.29) is 108 Å². The molecular weight excluding hydrogens is 351 g/mol. The molecule has 0 aromatic heterocycles. The molecule has 0 aromatic carbocycles. The molecule has 0 amide bonds. The van der Waals surface area contributed by atoms with Crippen LogP contribution in [0.5, 0.6) is 0 Å². The third-order valence-corrected chi connectivity index (χ3v) is 0. The van der Waals surface area contributed by atoms with Gasteiger partial charge in [-0.1, -0.05) is 0 Å². The fraction of sp³-hybridized carbons (Fsp3) is 0. The van der Waals surface area contributed by atoms with E-state index in [2.05, 4.69) is 0 Å². The van der Waals surface area contributed by atoms with E-state index in [4.69, 9.17) is 0 Å². The molecule has 0 atom stereocenters. The predicted molar refractivity (Wildman–Crippen MR) is 14.5 cm³/mol.